The average Bonchev–Trinajstić information content (AvgIpc) is 2.47. The second-order valence-corrected chi connectivity index (χ2v) is 5.11. The van der Waals surface area contributed by atoms with Crippen LogP contribution in [-0.2, 0) is 0 Å². The van der Waals surface area contributed by atoms with Crippen LogP contribution in [-0.4, -0.2) is 15.0 Å². The van der Waals surface area contributed by atoms with Gasteiger partial charge >= 0.3 is 0 Å². The Morgan fingerprint density at radius 3 is 2.71 bits per heavy atom. The van der Waals surface area contributed by atoms with E-state index >= 15 is 0 Å². The molecule has 0 aliphatic heterocycles. The summed E-state index contributed by atoms with van der Waals surface area (Å²) in [5.74, 6) is -1.31. The molecule has 4 nitrogen and oxygen atoms in total. The molecule has 2 aromatic heterocycles. The second-order valence-electron chi connectivity index (χ2n) is 4.25. The van der Waals surface area contributed by atoms with Crippen molar-refractivity contribution in [2.24, 2.45) is 0 Å². The van der Waals surface area contributed by atoms with Gasteiger partial charge < -0.3 is 4.74 Å². The molecule has 0 aliphatic rings. The van der Waals surface area contributed by atoms with Crippen molar-refractivity contribution >= 4 is 27.0 Å². The maximum absolute atomic E-state index is 13.7. The summed E-state index contributed by atoms with van der Waals surface area (Å²) in [5, 5.41) is 0. The molecular weight excluding hydrogens is 344 g/mol. The number of hydrogen-bond acceptors (Lipinski definition) is 4. The van der Waals surface area contributed by atoms with E-state index in [4.69, 9.17) is 4.74 Å². The number of fused-ring (bicyclic) bond motifs is 1. The van der Waals surface area contributed by atoms with E-state index in [0.717, 1.165) is 6.07 Å². The van der Waals surface area contributed by atoms with Crippen LogP contribution in [0.1, 0.15) is 5.69 Å². The molecule has 0 saturated heterocycles. The summed E-state index contributed by atoms with van der Waals surface area (Å²) in [6, 6.07) is 4.07. The third kappa shape index (κ3) is 2.56. The fraction of sp³-hybridized carbons (Fsp3) is 0.0714. The number of ether oxygens (including phenoxy) is 1. The lowest BCUT2D eigenvalue weighted by molar-refractivity contribution is 0.452. The van der Waals surface area contributed by atoms with E-state index in [2.05, 4.69) is 30.9 Å². The molecule has 0 aliphatic carbocycles. The van der Waals surface area contributed by atoms with Crippen molar-refractivity contribution in [1.29, 1.82) is 0 Å². The number of benzene rings is 1. The minimum absolute atomic E-state index is 0.120. The lowest BCUT2D eigenvalue weighted by atomic mass is 10.2. The van der Waals surface area contributed by atoms with Crippen molar-refractivity contribution in [3.63, 3.8) is 0 Å². The Kier molecular flexibility index (Phi) is 3.50. The normalized spacial score (nSPS) is 10.9. The van der Waals surface area contributed by atoms with Crippen LogP contribution in [0.25, 0.3) is 11.0 Å². The minimum atomic E-state index is -1.02. The number of aromatic nitrogens is 3. The van der Waals surface area contributed by atoms with Crippen LogP contribution in [0.2, 0.25) is 0 Å². The summed E-state index contributed by atoms with van der Waals surface area (Å²) in [6.07, 6.45) is 3.12. The molecule has 2 heterocycles. The van der Waals surface area contributed by atoms with Crippen LogP contribution in [0, 0.1) is 18.6 Å². The lowest BCUT2D eigenvalue weighted by Crippen LogP contribution is -1.99. The smallest absolute Gasteiger partial charge is 0.241 e. The highest BCUT2D eigenvalue weighted by atomic mass is 79.9. The molecule has 0 radical (unpaired) electrons. The standard InChI is InChI=1S/C14H8BrF2N3O/c1-7-14(21-11-6-18-5-4-8(11)15)20-10-3-2-9(16)12(17)13(10)19-7/h2-6H,1H3. The van der Waals surface area contributed by atoms with Gasteiger partial charge in [0.1, 0.15) is 11.2 Å². The zero-order valence-electron chi connectivity index (χ0n) is 10.8. The van der Waals surface area contributed by atoms with Gasteiger partial charge in [0.2, 0.25) is 5.88 Å². The first-order valence-corrected chi connectivity index (χ1v) is 6.75. The molecule has 0 amide bonds. The number of aryl methyl sites for hydroxylation is 1. The summed E-state index contributed by atoms with van der Waals surface area (Å²) in [6.45, 7) is 1.61. The van der Waals surface area contributed by atoms with Gasteiger partial charge in [-0.25, -0.2) is 18.7 Å². The van der Waals surface area contributed by atoms with E-state index in [0.29, 0.717) is 15.9 Å². The van der Waals surface area contributed by atoms with Gasteiger partial charge in [0.25, 0.3) is 0 Å². The zero-order valence-corrected chi connectivity index (χ0v) is 12.4. The Morgan fingerprint density at radius 1 is 1.14 bits per heavy atom. The molecule has 3 rings (SSSR count). The fourth-order valence-corrected chi connectivity index (χ4v) is 2.07. The second kappa shape index (κ2) is 5.33. The fourth-order valence-electron chi connectivity index (χ4n) is 1.77. The molecule has 0 N–H and O–H groups in total. The van der Waals surface area contributed by atoms with E-state index in [9.17, 15) is 8.78 Å². The Bertz CT molecular complexity index is 842. The maximum atomic E-state index is 13.7. The monoisotopic (exact) mass is 351 g/mol. The molecule has 0 unspecified atom stereocenters. The van der Waals surface area contributed by atoms with Crippen LogP contribution >= 0.6 is 15.9 Å². The highest BCUT2D eigenvalue weighted by Gasteiger charge is 2.14. The van der Waals surface area contributed by atoms with Gasteiger partial charge in [0, 0.05) is 6.20 Å². The van der Waals surface area contributed by atoms with Gasteiger partial charge in [-0.05, 0) is 41.1 Å². The molecule has 0 bridgehead atoms. The molecule has 1 aromatic carbocycles. The Balaban J connectivity index is 2.10. The van der Waals surface area contributed by atoms with Gasteiger partial charge in [-0.15, -0.1) is 0 Å². The van der Waals surface area contributed by atoms with Gasteiger partial charge in [-0.1, -0.05) is 0 Å². The molecule has 21 heavy (non-hydrogen) atoms. The van der Waals surface area contributed by atoms with E-state index in [-0.39, 0.29) is 16.9 Å². The van der Waals surface area contributed by atoms with Crippen molar-refractivity contribution < 1.29 is 13.5 Å². The van der Waals surface area contributed by atoms with Crippen LogP contribution in [0.3, 0.4) is 0 Å². The van der Waals surface area contributed by atoms with E-state index in [1.807, 2.05) is 0 Å². The lowest BCUT2D eigenvalue weighted by Gasteiger charge is -2.09. The topological polar surface area (TPSA) is 47.9 Å². The zero-order chi connectivity index (χ0) is 15.0. The number of hydrogen-bond donors (Lipinski definition) is 0. The minimum Gasteiger partial charge on any atom is -0.434 e. The third-order valence-corrected chi connectivity index (χ3v) is 3.45. The molecule has 0 fully saturated rings. The first-order chi connectivity index (χ1) is 10.1. The van der Waals surface area contributed by atoms with E-state index < -0.39 is 11.6 Å². The molecule has 3 aromatic rings. The SMILES string of the molecule is Cc1nc2c(F)c(F)ccc2nc1Oc1cnccc1Br. The molecule has 7 heteroatoms. The first kappa shape index (κ1) is 13.8. The molecular formula is C14H8BrF2N3O. The molecule has 0 spiro atoms. The summed E-state index contributed by atoms with van der Waals surface area (Å²) in [5.41, 5.74) is 0.447. The van der Waals surface area contributed by atoms with E-state index in [1.54, 1.807) is 19.2 Å². The Morgan fingerprint density at radius 2 is 1.95 bits per heavy atom. The van der Waals surface area contributed by atoms with Gasteiger partial charge in [0.15, 0.2) is 17.4 Å². The number of halogens is 3. The summed E-state index contributed by atoms with van der Waals surface area (Å²) in [7, 11) is 0. The van der Waals surface area contributed by atoms with Gasteiger partial charge in [-0.3, -0.25) is 4.98 Å². The van der Waals surface area contributed by atoms with Crippen molar-refractivity contribution in [3.05, 3.63) is 52.4 Å². The van der Waals surface area contributed by atoms with Crippen molar-refractivity contribution in [3.8, 4) is 11.6 Å². The van der Waals surface area contributed by atoms with E-state index in [1.165, 1.54) is 12.3 Å². The average molecular weight is 352 g/mol. The number of rotatable bonds is 2. The quantitative estimate of drug-likeness (QED) is 0.695. The highest BCUT2D eigenvalue weighted by molar-refractivity contribution is 9.10. The molecule has 106 valence electrons. The van der Waals surface area contributed by atoms with Crippen LogP contribution in [0.5, 0.6) is 11.6 Å². The van der Waals surface area contributed by atoms with Crippen molar-refractivity contribution in [2.75, 3.05) is 0 Å². The summed E-state index contributed by atoms with van der Waals surface area (Å²) < 4.78 is 33.2. The van der Waals surface area contributed by atoms with Gasteiger partial charge in [0.05, 0.1) is 16.2 Å². The Hall–Kier alpha value is -2.15. The third-order valence-electron chi connectivity index (χ3n) is 2.80. The van der Waals surface area contributed by atoms with Crippen molar-refractivity contribution in [2.45, 2.75) is 6.92 Å². The summed E-state index contributed by atoms with van der Waals surface area (Å²) >= 11 is 3.33. The Labute approximate surface area is 127 Å². The maximum Gasteiger partial charge on any atom is 0.241 e. The molecule has 0 atom stereocenters. The number of nitrogens with zero attached hydrogens (tertiary/aromatic N) is 3. The van der Waals surface area contributed by atoms with Crippen molar-refractivity contribution in [1.82, 2.24) is 15.0 Å². The van der Waals surface area contributed by atoms with Crippen LogP contribution < -0.4 is 4.74 Å². The van der Waals surface area contributed by atoms with Gasteiger partial charge in [-0.2, -0.15) is 0 Å². The predicted molar refractivity (Wildman–Crippen MR) is 76.2 cm³/mol. The summed E-state index contributed by atoms with van der Waals surface area (Å²) in [4.78, 5) is 12.1. The number of pyridine rings is 1. The first-order valence-electron chi connectivity index (χ1n) is 5.96. The molecule has 0 saturated carbocycles. The van der Waals surface area contributed by atoms with Crippen LogP contribution in [0.15, 0.2) is 35.1 Å². The predicted octanol–water partition coefficient (Wildman–Crippen LogP) is 4.17. The highest BCUT2D eigenvalue weighted by Crippen LogP contribution is 2.30. The van der Waals surface area contributed by atoms with Crippen LogP contribution in [0.4, 0.5) is 8.78 Å². The largest absolute Gasteiger partial charge is 0.434 e.